The second kappa shape index (κ2) is 6.20. The summed E-state index contributed by atoms with van der Waals surface area (Å²) in [6.07, 6.45) is 5.50. The number of carboxylic acids is 1. The molecule has 0 saturated heterocycles. The number of carboxylic acid groups (broad SMARTS) is 1. The third kappa shape index (κ3) is 3.71. The first-order valence-corrected chi connectivity index (χ1v) is 6.01. The molecular formula is C12H15NO3S. The summed E-state index contributed by atoms with van der Waals surface area (Å²) in [5, 5.41) is 9.72. The van der Waals surface area contributed by atoms with E-state index in [0.717, 1.165) is 5.01 Å². The number of allylic oxidation sites excluding steroid dienone is 3. The maximum absolute atomic E-state index is 11.0. The van der Waals surface area contributed by atoms with Crippen molar-refractivity contribution < 1.29 is 14.6 Å². The largest absolute Gasteiger partial charge is 0.488 e. The fourth-order valence-corrected chi connectivity index (χ4v) is 2.04. The van der Waals surface area contributed by atoms with E-state index in [-0.39, 0.29) is 11.5 Å². The number of aromatic carboxylic acids is 1. The van der Waals surface area contributed by atoms with Crippen LogP contribution in [0.1, 0.15) is 34.2 Å². The third-order valence-electron chi connectivity index (χ3n) is 1.99. The second-order valence-corrected chi connectivity index (χ2v) is 4.50. The van der Waals surface area contributed by atoms with Crippen LogP contribution < -0.4 is 0 Å². The predicted octanol–water partition coefficient (Wildman–Crippen LogP) is 3.15. The third-order valence-corrected chi connectivity index (χ3v) is 2.99. The van der Waals surface area contributed by atoms with Gasteiger partial charge in [-0.2, -0.15) is 0 Å². The van der Waals surface area contributed by atoms with E-state index in [2.05, 4.69) is 4.98 Å². The topological polar surface area (TPSA) is 59.4 Å². The highest BCUT2D eigenvalue weighted by molar-refractivity contribution is 7.13. The molecule has 0 fully saturated rings. The van der Waals surface area contributed by atoms with Gasteiger partial charge < -0.3 is 9.84 Å². The molecule has 0 saturated carbocycles. The number of hydrogen-bond donors (Lipinski definition) is 1. The molecule has 5 heteroatoms. The number of aryl methyl sites for hydroxylation is 1. The standard InChI is InChI=1S/C12H15NO3S/c1-4-6-9(5-2)16-7-10-11(12(14)15)17-8(3)13-10/h4-6H,7H2,1-3H3,(H,14,15)/b6-4-,9-5+. The summed E-state index contributed by atoms with van der Waals surface area (Å²) in [6, 6.07) is 0. The minimum Gasteiger partial charge on any atom is -0.488 e. The number of aromatic nitrogens is 1. The van der Waals surface area contributed by atoms with E-state index >= 15 is 0 Å². The van der Waals surface area contributed by atoms with E-state index in [1.807, 2.05) is 32.1 Å². The van der Waals surface area contributed by atoms with Crippen molar-refractivity contribution in [2.45, 2.75) is 27.4 Å². The summed E-state index contributed by atoms with van der Waals surface area (Å²) >= 11 is 1.17. The van der Waals surface area contributed by atoms with Gasteiger partial charge in [-0.3, -0.25) is 0 Å². The van der Waals surface area contributed by atoms with E-state index in [0.29, 0.717) is 11.5 Å². The highest BCUT2D eigenvalue weighted by Gasteiger charge is 2.15. The minimum absolute atomic E-state index is 0.177. The lowest BCUT2D eigenvalue weighted by Crippen LogP contribution is -2.01. The van der Waals surface area contributed by atoms with Gasteiger partial charge in [0, 0.05) is 0 Å². The maximum Gasteiger partial charge on any atom is 0.347 e. The van der Waals surface area contributed by atoms with Gasteiger partial charge in [-0.1, -0.05) is 6.08 Å². The molecule has 4 nitrogen and oxygen atoms in total. The molecule has 92 valence electrons. The molecule has 0 aliphatic rings. The van der Waals surface area contributed by atoms with Gasteiger partial charge >= 0.3 is 5.97 Å². The maximum atomic E-state index is 11.0. The number of thiazole rings is 1. The summed E-state index contributed by atoms with van der Waals surface area (Å²) in [6.45, 7) is 5.71. The molecule has 0 amide bonds. The first-order valence-electron chi connectivity index (χ1n) is 5.19. The van der Waals surface area contributed by atoms with Crippen molar-refractivity contribution in [1.29, 1.82) is 0 Å². The number of rotatable bonds is 5. The van der Waals surface area contributed by atoms with Crippen LogP contribution in [0.2, 0.25) is 0 Å². The van der Waals surface area contributed by atoms with Gasteiger partial charge in [0.1, 0.15) is 22.9 Å². The Kier molecular flexibility index (Phi) is 4.90. The molecule has 1 N–H and O–H groups in total. The molecule has 1 rings (SSSR count). The van der Waals surface area contributed by atoms with Crippen molar-refractivity contribution in [1.82, 2.24) is 4.98 Å². The lowest BCUT2D eigenvalue weighted by Gasteiger charge is -2.05. The minimum atomic E-state index is -0.956. The van der Waals surface area contributed by atoms with Crippen molar-refractivity contribution in [3.63, 3.8) is 0 Å². The van der Waals surface area contributed by atoms with Gasteiger partial charge in [0.05, 0.1) is 5.01 Å². The smallest absolute Gasteiger partial charge is 0.347 e. The van der Waals surface area contributed by atoms with Crippen molar-refractivity contribution in [3.8, 4) is 0 Å². The Hall–Kier alpha value is -1.62. The zero-order valence-corrected chi connectivity index (χ0v) is 10.9. The molecule has 0 bridgehead atoms. The van der Waals surface area contributed by atoms with E-state index in [1.165, 1.54) is 11.3 Å². The molecule has 0 aromatic carbocycles. The van der Waals surface area contributed by atoms with Crippen LogP contribution >= 0.6 is 11.3 Å². The highest BCUT2D eigenvalue weighted by atomic mass is 32.1. The van der Waals surface area contributed by atoms with Crippen LogP contribution in [-0.4, -0.2) is 16.1 Å². The number of carbonyl (C=O) groups is 1. The Morgan fingerprint density at radius 2 is 2.24 bits per heavy atom. The first-order chi connectivity index (χ1) is 8.08. The SMILES string of the molecule is C/C=C\C(=C/C)OCc1nc(C)sc1C(=O)O. The van der Waals surface area contributed by atoms with Crippen LogP contribution in [0.15, 0.2) is 24.0 Å². The molecule has 1 heterocycles. The van der Waals surface area contributed by atoms with Crippen molar-refractivity contribution in [2.75, 3.05) is 0 Å². The fraction of sp³-hybridized carbons (Fsp3) is 0.333. The van der Waals surface area contributed by atoms with Crippen LogP contribution in [0.4, 0.5) is 0 Å². The molecule has 0 aliphatic carbocycles. The Morgan fingerprint density at radius 1 is 1.53 bits per heavy atom. The molecule has 0 aliphatic heterocycles. The zero-order valence-electron chi connectivity index (χ0n) is 10.1. The van der Waals surface area contributed by atoms with Gasteiger partial charge in [-0.05, 0) is 32.9 Å². The number of hydrogen-bond acceptors (Lipinski definition) is 4. The van der Waals surface area contributed by atoms with Gasteiger partial charge in [-0.25, -0.2) is 9.78 Å². The van der Waals surface area contributed by atoms with E-state index in [9.17, 15) is 4.79 Å². The first kappa shape index (κ1) is 13.4. The zero-order chi connectivity index (χ0) is 12.8. The molecule has 1 aromatic heterocycles. The molecule has 0 unspecified atom stereocenters. The van der Waals surface area contributed by atoms with E-state index in [4.69, 9.17) is 9.84 Å². The summed E-state index contributed by atoms with van der Waals surface area (Å²) < 4.78 is 5.48. The van der Waals surface area contributed by atoms with Crippen LogP contribution in [0.3, 0.4) is 0 Å². The summed E-state index contributed by atoms with van der Waals surface area (Å²) in [7, 11) is 0. The van der Waals surface area contributed by atoms with Gasteiger partial charge in [-0.15, -0.1) is 11.3 Å². The second-order valence-electron chi connectivity index (χ2n) is 3.29. The van der Waals surface area contributed by atoms with Crippen molar-refractivity contribution in [2.24, 2.45) is 0 Å². The summed E-state index contributed by atoms with van der Waals surface area (Å²) in [4.78, 5) is 15.4. The van der Waals surface area contributed by atoms with Crippen LogP contribution in [0, 0.1) is 6.92 Å². The molecule has 1 aromatic rings. The Balaban J connectivity index is 2.78. The van der Waals surface area contributed by atoms with E-state index < -0.39 is 5.97 Å². The lowest BCUT2D eigenvalue weighted by molar-refractivity contribution is 0.0697. The van der Waals surface area contributed by atoms with Gasteiger partial charge in [0.25, 0.3) is 0 Å². The average Bonchev–Trinajstić information content (AvgIpc) is 2.66. The molecule has 0 radical (unpaired) electrons. The Bertz CT molecular complexity index is 460. The molecule has 0 atom stereocenters. The number of ether oxygens (including phenoxy) is 1. The Labute approximate surface area is 104 Å². The predicted molar refractivity (Wildman–Crippen MR) is 67.2 cm³/mol. The van der Waals surface area contributed by atoms with E-state index in [1.54, 1.807) is 6.92 Å². The van der Waals surface area contributed by atoms with Crippen molar-refractivity contribution >= 4 is 17.3 Å². The monoisotopic (exact) mass is 253 g/mol. The van der Waals surface area contributed by atoms with Crippen molar-refractivity contribution in [3.05, 3.63) is 39.6 Å². The number of nitrogens with zero attached hydrogens (tertiary/aromatic N) is 1. The van der Waals surface area contributed by atoms with Crippen LogP contribution in [0.5, 0.6) is 0 Å². The van der Waals surface area contributed by atoms with Gasteiger partial charge in [0.2, 0.25) is 0 Å². The average molecular weight is 253 g/mol. The molecule has 0 spiro atoms. The highest BCUT2D eigenvalue weighted by Crippen LogP contribution is 2.19. The summed E-state index contributed by atoms with van der Waals surface area (Å²) in [5.41, 5.74) is 0.476. The molecular weight excluding hydrogens is 238 g/mol. The van der Waals surface area contributed by atoms with Gasteiger partial charge in [0.15, 0.2) is 0 Å². The normalized spacial score (nSPS) is 12.1. The molecule has 17 heavy (non-hydrogen) atoms. The Morgan fingerprint density at radius 3 is 2.76 bits per heavy atom. The fourth-order valence-electron chi connectivity index (χ4n) is 1.28. The lowest BCUT2D eigenvalue weighted by atomic mass is 10.3. The van der Waals surface area contributed by atoms with Crippen LogP contribution in [-0.2, 0) is 11.3 Å². The summed E-state index contributed by atoms with van der Waals surface area (Å²) in [5.74, 6) is -0.253. The van der Waals surface area contributed by atoms with Crippen LogP contribution in [0.25, 0.3) is 0 Å². The quantitative estimate of drug-likeness (QED) is 0.647.